The van der Waals surface area contributed by atoms with Gasteiger partial charge in [0.1, 0.15) is 11.5 Å². The molecule has 246 valence electrons. The number of rotatable bonds is 7. The molecule has 2 aromatic rings. The van der Waals surface area contributed by atoms with Crippen molar-refractivity contribution in [3.63, 3.8) is 0 Å². The van der Waals surface area contributed by atoms with Gasteiger partial charge in [-0.3, -0.25) is 14.4 Å². The van der Waals surface area contributed by atoms with Crippen LogP contribution in [0.4, 0.5) is 0 Å². The molecule has 1 spiro atoms. The largest absolute Gasteiger partial charge is 2.00 e. The molecule has 1 unspecified atom stereocenters. The van der Waals surface area contributed by atoms with E-state index < -0.39 is 17.5 Å². The number of aromatic nitrogens is 2. The molecule has 10 nitrogen and oxygen atoms in total. The summed E-state index contributed by atoms with van der Waals surface area (Å²) in [5, 5.41) is 11.9. The fourth-order valence-electron chi connectivity index (χ4n) is 7.76. The van der Waals surface area contributed by atoms with Crippen molar-refractivity contribution in [1.82, 2.24) is 9.97 Å². The van der Waals surface area contributed by atoms with Gasteiger partial charge >= 0.3 is 35.0 Å². The standard InChI is InChI=1S/C37H39N4O6.Mg/c1-8-20-17(4)23-14-27-22(9-2)37(16-47-37)28(39-27)15-25-18(5)21(11-12-29(42)46-10-3)33(40-25)31-32(36(44)45-7)35(43)30-19(6)24(41-34(30)31)13-26(20)38-23;/h9,13-15,18,21,25,32H,2,8,10-12,16H2,1,3-7H3,(H-,40,41,43);/q-3;+2/p-1/b23-14-,26-13-,28-15-;/t18-,21-,25?,32+,37-;/m0./s1. The molecule has 7 rings (SSSR count). The molecular weight excluding hydrogens is 621 g/mol. The van der Waals surface area contributed by atoms with E-state index in [-0.39, 0.29) is 65.7 Å². The number of nitrogens with zero attached hydrogens (tertiary/aromatic N) is 4. The second-order valence-electron chi connectivity index (χ2n) is 12.8. The van der Waals surface area contributed by atoms with E-state index in [0.717, 1.165) is 45.2 Å². The molecule has 5 aliphatic rings. The van der Waals surface area contributed by atoms with Gasteiger partial charge in [-0.1, -0.05) is 67.0 Å². The quantitative estimate of drug-likeness (QED) is 0.191. The van der Waals surface area contributed by atoms with Gasteiger partial charge in [0, 0.05) is 12.0 Å². The second-order valence-corrected chi connectivity index (χ2v) is 12.8. The predicted molar refractivity (Wildman–Crippen MR) is 181 cm³/mol. The Morgan fingerprint density at radius 2 is 1.90 bits per heavy atom. The summed E-state index contributed by atoms with van der Waals surface area (Å²) >= 11 is 0. The van der Waals surface area contributed by atoms with Crippen LogP contribution in [0, 0.1) is 31.6 Å². The number of esters is 2. The maximum Gasteiger partial charge on any atom is 2.00 e. The molecule has 8 bridgehead atoms. The number of fused-ring (bicyclic) bond motifs is 8. The van der Waals surface area contributed by atoms with Crippen molar-refractivity contribution < 1.29 is 28.6 Å². The smallest absolute Gasteiger partial charge is 0.681 e. The van der Waals surface area contributed by atoms with Gasteiger partial charge in [-0.25, -0.2) is 0 Å². The number of Topliss-reactive ketones (excluding diaryl/α,β-unsaturated/α-hetero) is 1. The van der Waals surface area contributed by atoms with Gasteiger partial charge in [-0.05, 0) is 51.0 Å². The zero-order chi connectivity index (χ0) is 33.4. The Morgan fingerprint density at radius 1 is 1.15 bits per heavy atom. The number of ether oxygens (including phenoxy) is 3. The zero-order valence-electron chi connectivity index (χ0n) is 28.3. The van der Waals surface area contributed by atoms with Gasteiger partial charge in [0.05, 0.1) is 20.3 Å². The van der Waals surface area contributed by atoms with Crippen molar-refractivity contribution >= 4 is 58.5 Å². The van der Waals surface area contributed by atoms with Crippen LogP contribution >= 0.6 is 0 Å². The van der Waals surface area contributed by atoms with E-state index in [0.29, 0.717) is 46.8 Å². The Bertz CT molecular complexity index is 1970. The number of hydrogen-bond donors (Lipinski definition) is 0. The maximum absolute atomic E-state index is 14.1. The van der Waals surface area contributed by atoms with E-state index in [4.69, 9.17) is 34.8 Å². The van der Waals surface area contributed by atoms with Crippen LogP contribution in [0.3, 0.4) is 0 Å². The molecule has 4 aliphatic heterocycles. The van der Waals surface area contributed by atoms with Crippen LogP contribution in [0.15, 0.2) is 41.4 Å². The monoisotopic (exact) mass is 658 g/mol. The summed E-state index contributed by atoms with van der Waals surface area (Å²) < 4.78 is 16.5. The van der Waals surface area contributed by atoms with Gasteiger partial charge in [0.2, 0.25) is 0 Å². The molecule has 48 heavy (non-hydrogen) atoms. The third-order valence-corrected chi connectivity index (χ3v) is 10.4. The molecule has 0 radical (unpaired) electrons. The Hall–Kier alpha value is -3.80. The van der Waals surface area contributed by atoms with Crippen LogP contribution in [-0.4, -0.2) is 72.7 Å². The number of epoxide rings is 1. The Labute approximate surface area is 296 Å². The predicted octanol–water partition coefficient (Wildman–Crippen LogP) is 3.55. The molecule has 5 atom stereocenters. The normalized spacial score (nSPS) is 30.3. The van der Waals surface area contributed by atoms with Crippen molar-refractivity contribution in [3.8, 4) is 0 Å². The molecule has 2 aromatic heterocycles. The minimum atomic E-state index is -1.20. The first-order valence-corrected chi connectivity index (χ1v) is 16.3. The topological polar surface area (TPSA) is 139 Å². The molecule has 0 aromatic carbocycles. The van der Waals surface area contributed by atoms with Crippen molar-refractivity contribution in [1.29, 1.82) is 0 Å². The maximum atomic E-state index is 14.1. The van der Waals surface area contributed by atoms with Crippen LogP contribution in [-0.2, 0) is 30.2 Å². The number of allylic oxidation sites excluding steroid dienone is 2. The fourth-order valence-corrected chi connectivity index (χ4v) is 7.76. The van der Waals surface area contributed by atoms with E-state index in [1.165, 1.54) is 7.11 Å². The molecule has 11 heteroatoms. The molecule has 2 fully saturated rings. The molecule has 0 saturated carbocycles. The summed E-state index contributed by atoms with van der Waals surface area (Å²) in [6.07, 6.45) is 9.09. The first-order valence-electron chi connectivity index (χ1n) is 16.3. The van der Waals surface area contributed by atoms with Crippen LogP contribution in [0.1, 0.15) is 72.0 Å². The van der Waals surface area contributed by atoms with Crippen molar-refractivity contribution in [2.45, 2.75) is 65.5 Å². The summed E-state index contributed by atoms with van der Waals surface area (Å²) in [5.41, 5.74) is 6.98. The average Bonchev–Trinajstić information content (AvgIpc) is 3.28. The molecule has 0 N–H and O–H groups in total. The van der Waals surface area contributed by atoms with E-state index in [1.54, 1.807) is 13.0 Å². The Balaban J connectivity index is 0.00000401. The summed E-state index contributed by atoms with van der Waals surface area (Å²) in [7, 11) is 1.28. The minimum Gasteiger partial charge on any atom is -0.681 e. The van der Waals surface area contributed by atoms with Gasteiger partial charge in [0.25, 0.3) is 0 Å². The summed E-state index contributed by atoms with van der Waals surface area (Å²) in [6, 6.07) is -0.375. The first-order chi connectivity index (χ1) is 22.6. The van der Waals surface area contributed by atoms with Crippen LogP contribution < -0.4 is 20.7 Å². The first kappa shape index (κ1) is 34.1. The summed E-state index contributed by atoms with van der Waals surface area (Å²) in [6.45, 7) is 14.7. The van der Waals surface area contributed by atoms with Gasteiger partial charge in [0.15, 0.2) is 5.78 Å². The molecular formula is C37H38MgN4O6-2. The van der Waals surface area contributed by atoms with Crippen LogP contribution in [0.2, 0.25) is 0 Å². The average molecular weight is 659 g/mol. The van der Waals surface area contributed by atoms with Crippen LogP contribution in [0.25, 0.3) is 28.4 Å². The third kappa shape index (κ3) is 5.04. The number of ketones is 1. The molecule has 0 amide bonds. The van der Waals surface area contributed by atoms with E-state index >= 15 is 0 Å². The SMILES string of the molecule is C=CC1=C2/C=c3\[n-]/c(c(CC)c3C)=C\c3[n-]c4c(c3C)C(=O)[C@H](C(=O)OC)/C4=C3/[N-]C(/C=C(\[N-]2)[C@]12CO2)[C@@H](C)[C@@H]3CCC(=O)OCC.[Mg+2]. The number of hydrogen-bond acceptors (Lipinski definition) is 6. The number of carbonyl (C=O) groups is 3. The molecule has 6 heterocycles. The number of methoxy groups -OCH3 is 1. The summed E-state index contributed by atoms with van der Waals surface area (Å²) in [4.78, 5) is 50.1. The third-order valence-electron chi connectivity index (χ3n) is 10.4. The van der Waals surface area contributed by atoms with Crippen molar-refractivity contribution in [2.75, 3.05) is 20.3 Å². The van der Waals surface area contributed by atoms with Gasteiger partial charge in [-0.15, -0.1) is 39.6 Å². The van der Waals surface area contributed by atoms with Gasteiger partial charge in [-0.2, -0.15) is 5.70 Å². The zero-order valence-corrected chi connectivity index (χ0v) is 29.7. The summed E-state index contributed by atoms with van der Waals surface area (Å²) in [5.74, 6) is -2.90. The van der Waals surface area contributed by atoms with Gasteiger partial charge < -0.3 is 34.8 Å². The Morgan fingerprint density at radius 3 is 2.54 bits per heavy atom. The Kier molecular flexibility index (Phi) is 8.93. The van der Waals surface area contributed by atoms with Crippen LogP contribution in [0.5, 0.6) is 0 Å². The van der Waals surface area contributed by atoms with Crippen molar-refractivity contribution in [3.05, 3.63) is 96.4 Å². The minimum absolute atomic E-state index is 0. The second kappa shape index (κ2) is 12.6. The molecule has 1 aliphatic carbocycles. The van der Waals surface area contributed by atoms with E-state index in [9.17, 15) is 14.4 Å². The van der Waals surface area contributed by atoms with Crippen molar-refractivity contribution in [2.24, 2.45) is 17.8 Å². The fraction of sp³-hybridized carbons (Fsp3) is 0.432. The van der Waals surface area contributed by atoms with E-state index in [1.807, 2.05) is 25.2 Å². The molecule has 2 saturated heterocycles. The number of carbonyl (C=O) groups excluding carboxylic acids is 3. The van der Waals surface area contributed by atoms with E-state index in [2.05, 4.69) is 27.4 Å².